The highest BCUT2D eigenvalue weighted by atomic mass is 35.5. The third-order valence-electron chi connectivity index (χ3n) is 5.03. The summed E-state index contributed by atoms with van der Waals surface area (Å²) in [6.07, 6.45) is 1.88. The van der Waals surface area contributed by atoms with E-state index in [1.807, 2.05) is 85.8 Å². The highest BCUT2D eigenvalue weighted by Crippen LogP contribution is 2.34. The molecule has 3 aromatic carbocycles. The van der Waals surface area contributed by atoms with E-state index in [-0.39, 0.29) is 5.91 Å². The fraction of sp³-hybridized carbons (Fsp3) is 0.154. The number of amides is 1. The molecular formula is C26H23ClN2O3S. The molecule has 1 aliphatic heterocycles. The van der Waals surface area contributed by atoms with Gasteiger partial charge in [0.25, 0.3) is 5.91 Å². The summed E-state index contributed by atoms with van der Waals surface area (Å²) >= 11 is 7.56. The first kappa shape index (κ1) is 23.0. The van der Waals surface area contributed by atoms with Crippen molar-refractivity contribution in [2.24, 2.45) is 4.99 Å². The van der Waals surface area contributed by atoms with Crippen LogP contribution >= 0.6 is 23.4 Å². The number of hydrogen-bond acceptors (Lipinski definition) is 5. The summed E-state index contributed by atoms with van der Waals surface area (Å²) in [5.74, 6) is 1.45. The standard InChI is InChI=1S/C26H23ClN2O3S/c1-3-29-25(30)24(33-26(29)28-20-10-14-21(31-2)15-11-20)16-18-8-12-22(13-9-18)32-17-19-6-4-5-7-23(19)27/h4-16H,3,17H2,1-2H3/b24-16-,28-26?. The fourth-order valence-electron chi connectivity index (χ4n) is 3.23. The minimum Gasteiger partial charge on any atom is -0.497 e. The molecule has 0 unspecified atom stereocenters. The Balaban J connectivity index is 1.47. The molecule has 0 saturated carbocycles. The Kier molecular flexibility index (Phi) is 7.37. The van der Waals surface area contributed by atoms with Gasteiger partial charge in [0.15, 0.2) is 5.17 Å². The van der Waals surface area contributed by atoms with Crippen molar-refractivity contribution in [3.8, 4) is 11.5 Å². The minimum atomic E-state index is -0.0474. The van der Waals surface area contributed by atoms with Crippen molar-refractivity contribution >= 4 is 46.2 Å². The molecule has 0 aromatic heterocycles. The van der Waals surface area contributed by atoms with E-state index >= 15 is 0 Å². The summed E-state index contributed by atoms with van der Waals surface area (Å²) in [6.45, 7) is 2.88. The normalized spacial score (nSPS) is 16.0. The van der Waals surface area contributed by atoms with Crippen LogP contribution in [0.3, 0.4) is 0 Å². The van der Waals surface area contributed by atoms with Crippen LogP contribution in [0.4, 0.5) is 5.69 Å². The molecule has 1 amide bonds. The smallest absolute Gasteiger partial charge is 0.266 e. The molecule has 1 aliphatic rings. The van der Waals surface area contributed by atoms with E-state index in [9.17, 15) is 4.79 Å². The number of benzene rings is 3. The van der Waals surface area contributed by atoms with Crippen molar-refractivity contribution in [1.29, 1.82) is 0 Å². The van der Waals surface area contributed by atoms with Crippen LogP contribution in [0.5, 0.6) is 11.5 Å². The Bertz CT molecular complexity index is 1190. The lowest BCUT2D eigenvalue weighted by Gasteiger charge is -2.12. The van der Waals surface area contributed by atoms with Gasteiger partial charge in [0.1, 0.15) is 18.1 Å². The summed E-state index contributed by atoms with van der Waals surface area (Å²) in [5.41, 5.74) is 2.62. The van der Waals surface area contributed by atoms with Crippen LogP contribution in [0.1, 0.15) is 18.1 Å². The van der Waals surface area contributed by atoms with Gasteiger partial charge in [-0.05, 0) is 72.8 Å². The summed E-state index contributed by atoms with van der Waals surface area (Å²) < 4.78 is 11.0. The average Bonchev–Trinajstić information content (AvgIpc) is 3.13. The van der Waals surface area contributed by atoms with Crippen LogP contribution < -0.4 is 9.47 Å². The van der Waals surface area contributed by atoms with E-state index in [0.717, 1.165) is 28.3 Å². The van der Waals surface area contributed by atoms with Gasteiger partial charge in [-0.2, -0.15) is 0 Å². The molecule has 33 heavy (non-hydrogen) atoms. The first-order valence-electron chi connectivity index (χ1n) is 10.5. The Morgan fingerprint density at radius 3 is 2.36 bits per heavy atom. The SMILES string of the molecule is CCN1C(=O)/C(=C/c2ccc(OCc3ccccc3Cl)cc2)SC1=Nc1ccc(OC)cc1. The third-order valence-corrected chi connectivity index (χ3v) is 6.41. The number of rotatable bonds is 7. The van der Waals surface area contributed by atoms with E-state index in [1.165, 1.54) is 11.8 Å². The Morgan fingerprint density at radius 2 is 1.70 bits per heavy atom. The second kappa shape index (κ2) is 10.6. The van der Waals surface area contributed by atoms with E-state index in [1.54, 1.807) is 12.0 Å². The third kappa shape index (κ3) is 5.59. The van der Waals surface area contributed by atoms with Crippen molar-refractivity contribution in [2.75, 3.05) is 13.7 Å². The van der Waals surface area contributed by atoms with Crippen LogP contribution in [0.25, 0.3) is 6.08 Å². The number of halogens is 1. The summed E-state index contributed by atoms with van der Waals surface area (Å²) in [4.78, 5) is 19.9. The van der Waals surface area contributed by atoms with Gasteiger partial charge in [0, 0.05) is 17.1 Å². The molecule has 1 saturated heterocycles. The van der Waals surface area contributed by atoms with Crippen molar-refractivity contribution in [2.45, 2.75) is 13.5 Å². The highest BCUT2D eigenvalue weighted by molar-refractivity contribution is 8.18. The number of carbonyl (C=O) groups is 1. The Labute approximate surface area is 202 Å². The topological polar surface area (TPSA) is 51.1 Å². The van der Waals surface area contributed by atoms with Crippen LogP contribution in [0, 0.1) is 0 Å². The molecule has 168 valence electrons. The number of ether oxygens (including phenoxy) is 2. The lowest BCUT2D eigenvalue weighted by Crippen LogP contribution is -2.28. The number of amidine groups is 1. The quantitative estimate of drug-likeness (QED) is 0.361. The fourth-order valence-corrected chi connectivity index (χ4v) is 4.48. The van der Waals surface area contributed by atoms with Crippen molar-refractivity contribution in [3.05, 3.63) is 93.9 Å². The highest BCUT2D eigenvalue weighted by Gasteiger charge is 2.32. The number of thioether (sulfide) groups is 1. The molecule has 0 aliphatic carbocycles. The number of aliphatic imine (C=N–C) groups is 1. The Morgan fingerprint density at radius 1 is 1.00 bits per heavy atom. The molecule has 0 radical (unpaired) electrons. The lowest BCUT2D eigenvalue weighted by atomic mass is 10.2. The molecule has 0 atom stereocenters. The van der Waals surface area contributed by atoms with Crippen molar-refractivity contribution < 1.29 is 14.3 Å². The molecular weight excluding hydrogens is 456 g/mol. The number of methoxy groups -OCH3 is 1. The predicted molar refractivity (Wildman–Crippen MR) is 135 cm³/mol. The molecule has 0 spiro atoms. The predicted octanol–water partition coefficient (Wildman–Crippen LogP) is 6.55. The number of hydrogen-bond donors (Lipinski definition) is 0. The minimum absolute atomic E-state index is 0.0474. The van der Waals surface area contributed by atoms with Crippen LogP contribution in [0.2, 0.25) is 5.02 Å². The zero-order valence-corrected chi connectivity index (χ0v) is 19.9. The largest absolute Gasteiger partial charge is 0.497 e. The summed E-state index contributed by atoms with van der Waals surface area (Å²) in [6, 6.07) is 22.7. The number of carbonyl (C=O) groups excluding carboxylic acids is 1. The van der Waals surface area contributed by atoms with E-state index in [4.69, 9.17) is 21.1 Å². The molecule has 0 bridgehead atoms. The van der Waals surface area contributed by atoms with E-state index < -0.39 is 0 Å². The van der Waals surface area contributed by atoms with Gasteiger partial charge in [0.2, 0.25) is 0 Å². The zero-order valence-electron chi connectivity index (χ0n) is 18.3. The molecule has 4 rings (SSSR count). The van der Waals surface area contributed by atoms with Crippen molar-refractivity contribution in [1.82, 2.24) is 4.90 Å². The van der Waals surface area contributed by atoms with E-state index in [2.05, 4.69) is 4.99 Å². The molecule has 1 heterocycles. The van der Waals surface area contributed by atoms with Gasteiger partial charge in [-0.1, -0.05) is 41.9 Å². The first-order chi connectivity index (χ1) is 16.1. The van der Waals surface area contributed by atoms with Gasteiger partial charge in [0.05, 0.1) is 17.7 Å². The van der Waals surface area contributed by atoms with Crippen LogP contribution in [-0.4, -0.2) is 29.6 Å². The van der Waals surface area contributed by atoms with Crippen molar-refractivity contribution in [3.63, 3.8) is 0 Å². The Hall–Kier alpha value is -3.22. The van der Waals surface area contributed by atoms with E-state index in [0.29, 0.717) is 28.2 Å². The summed E-state index contributed by atoms with van der Waals surface area (Å²) in [5, 5.41) is 1.35. The van der Waals surface area contributed by atoms with Gasteiger partial charge in [-0.15, -0.1) is 0 Å². The summed E-state index contributed by atoms with van der Waals surface area (Å²) in [7, 11) is 1.62. The average molecular weight is 479 g/mol. The van der Waals surface area contributed by atoms with Crippen LogP contribution in [0.15, 0.2) is 82.7 Å². The first-order valence-corrected chi connectivity index (χ1v) is 11.7. The molecule has 7 heteroatoms. The second-order valence-corrected chi connectivity index (χ2v) is 8.62. The lowest BCUT2D eigenvalue weighted by molar-refractivity contribution is -0.122. The number of nitrogens with zero attached hydrogens (tertiary/aromatic N) is 2. The van der Waals surface area contributed by atoms with Gasteiger partial charge in [-0.3, -0.25) is 9.69 Å². The zero-order chi connectivity index (χ0) is 23.2. The molecule has 5 nitrogen and oxygen atoms in total. The molecule has 0 N–H and O–H groups in total. The maximum Gasteiger partial charge on any atom is 0.266 e. The number of likely N-dealkylation sites (N-methyl/N-ethyl adjacent to an activating group) is 1. The molecule has 3 aromatic rings. The maximum absolute atomic E-state index is 12.9. The second-order valence-electron chi connectivity index (χ2n) is 7.20. The van der Waals surface area contributed by atoms with Crippen LogP contribution in [-0.2, 0) is 11.4 Å². The monoisotopic (exact) mass is 478 g/mol. The van der Waals surface area contributed by atoms with Gasteiger partial charge >= 0.3 is 0 Å². The van der Waals surface area contributed by atoms with Gasteiger partial charge in [-0.25, -0.2) is 4.99 Å². The maximum atomic E-state index is 12.9. The molecule has 1 fully saturated rings. The van der Waals surface area contributed by atoms with Gasteiger partial charge < -0.3 is 9.47 Å².